The van der Waals surface area contributed by atoms with E-state index in [9.17, 15) is 4.79 Å². The number of fused-ring (bicyclic) bond motifs is 2. The van der Waals surface area contributed by atoms with Crippen molar-refractivity contribution in [3.05, 3.63) is 58.5 Å². The molecule has 0 saturated carbocycles. The lowest BCUT2D eigenvalue weighted by Gasteiger charge is -2.21. The number of hydrogen-bond acceptors (Lipinski definition) is 5. The fraction of sp³-hybridized carbons (Fsp3) is 0.286. The summed E-state index contributed by atoms with van der Waals surface area (Å²) >= 11 is 6.26. The van der Waals surface area contributed by atoms with Gasteiger partial charge in [0.15, 0.2) is 11.5 Å². The molecule has 0 radical (unpaired) electrons. The smallest absolute Gasteiger partial charge is 0.227 e. The number of para-hydroxylation sites is 1. The summed E-state index contributed by atoms with van der Waals surface area (Å²) < 4.78 is 11.1. The third kappa shape index (κ3) is 3.73. The molecule has 1 aliphatic heterocycles. The first-order valence-electron chi connectivity index (χ1n) is 9.05. The highest BCUT2D eigenvalue weighted by Crippen LogP contribution is 2.38. The second-order valence-electron chi connectivity index (χ2n) is 6.77. The van der Waals surface area contributed by atoms with Crippen molar-refractivity contribution in [2.75, 3.05) is 20.3 Å². The second kappa shape index (κ2) is 7.64. The van der Waals surface area contributed by atoms with Crippen LogP contribution in [0.3, 0.4) is 0 Å². The average molecular weight is 398 g/mol. The van der Waals surface area contributed by atoms with Crippen molar-refractivity contribution in [3.8, 4) is 11.5 Å². The molecule has 144 valence electrons. The summed E-state index contributed by atoms with van der Waals surface area (Å²) in [6, 6.07) is 11.4. The summed E-state index contributed by atoms with van der Waals surface area (Å²) in [5.41, 5.74) is 2.56. The lowest BCUT2D eigenvalue weighted by molar-refractivity contribution is -0.129. The molecule has 1 aromatic heterocycles. The zero-order valence-electron chi connectivity index (χ0n) is 15.7. The first-order valence-corrected chi connectivity index (χ1v) is 9.43. The zero-order valence-corrected chi connectivity index (χ0v) is 16.5. The number of aryl methyl sites for hydroxylation is 1. The van der Waals surface area contributed by atoms with Gasteiger partial charge in [0, 0.05) is 18.1 Å². The molecule has 0 unspecified atom stereocenters. The van der Waals surface area contributed by atoms with Crippen molar-refractivity contribution in [2.45, 2.75) is 19.9 Å². The Bertz CT molecular complexity index is 1050. The van der Waals surface area contributed by atoms with Crippen LogP contribution < -0.4 is 9.47 Å². The van der Waals surface area contributed by atoms with Gasteiger partial charge in [-0.15, -0.1) is 0 Å². The molecule has 0 atom stereocenters. The van der Waals surface area contributed by atoms with Crippen LogP contribution in [0.4, 0.5) is 0 Å². The Morgan fingerprint density at radius 3 is 2.82 bits per heavy atom. The zero-order chi connectivity index (χ0) is 19.7. The summed E-state index contributed by atoms with van der Waals surface area (Å²) in [5.74, 6) is 1.68. The van der Waals surface area contributed by atoms with Gasteiger partial charge >= 0.3 is 0 Å². The minimum absolute atomic E-state index is 0.0536. The molecule has 1 aliphatic rings. The molecule has 0 N–H and O–H groups in total. The second-order valence-corrected chi connectivity index (χ2v) is 7.18. The molecule has 0 fully saturated rings. The van der Waals surface area contributed by atoms with Crippen molar-refractivity contribution in [1.82, 2.24) is 14.9 Å². The van der Waals surface area contributed by atoms with Gasteiger partial charge in [0.05, 0.1) is 23.5 Å². The molecule has 2 heterocycles. The first-order chi connectivity index (χ1) is 13.5. The van der Waals surface area contributed by atoms with Crippen molar-refractivity contribution < 1.29 is 14.3 Å². The minimum Gasteiger partial charge on any atom is -0.486 e. The maximum atomic E-state index is 12.7. The molecule has 4 rings (SSSR count). The van der Waals surface area contributed by atoms with E-state index in [1.54, 1.807) is 18.0 Å². The molecule has 0 saturated heterocycles. The van der Waals surface area contributed by atoms with Crippen LogP contribution in [0.1, 0.15) is 17.1 Å². The monoisotopic (exact) mass is 397 g/mol. The van der Waals surface area contributed by atoms with Crippen molar-refractivity contribution in [1.29, 1.82) is 0 Å². The quantitative estimate of drug-likeness (QED) is 0.673. The number of carbonyl (C=O) groups excluding carboxylic acids is 1. The Kier molecular flexibility index (Phi) is 5.05. The van der Waals surface area contributed by atoms with E-state index in [1.165, 1.54) is 0 Å². The van der Waals surface area contributed by atoms with Crippen LogP contribution in [0.15, 0.2) is 36.4 Å². The summed E-state index contributed by atoms with van der Waals surface area (Å²) in [6.07, 6.45) is 0.208. The van der Waals surface area contributed by atoms with Crippen molar-refractivity contribution >= 4 is 28.4 Å². The molecule has 28 heavy (non-hydrogen) atoms. The van der Waals surface area contributed by atoms with Gasteiger partial charge in [0.25, 0.3) is 0 Å². The summed E-state index contributed by atoms with van der Waals surface area (Å²) in [4.78, 5) is 23.4. The van der Waals surface area contributed by atoms with Crippen molar-refractivity contribution in [3.63, 3.8) is 0 Å². The van der Waals surface area contributed by atoms with Gasteiger partial charge < -0.3 is 14.4 Å². The highest BCUT2D eigenvalue weighted by atomic mass is 35.5. The van der Waals surface area contributed by atoms with E-state index in [2.05, 4.69) is 9.97 Å². The van der Waals surface area contributed by atoms with Gasteiger partial charge in [-0.25, -0.2) is 9.97 Å². The molecule has 0 spiro atoms. The van der Waals surface area contributed by atoms with Crippen LogP contribution in [-0.4, -0.2) is 41.0 Å². The number of halogens is 1. The third-order valence-electron chi connectivity index (χ3n) is 4.66. The average Bonchev–Trinajstić information content (AvgIpc) is 2.68. The number of benzene rings is 2. The van der Waals surface area contributed by atoms with Gasteiger partial charge in [-0.3, -0.25) is 4.79 Å². The topological polar surface area (TPSA) is 64.6 Å². The first kappa shape index (κ1) is 18.5. The predicted molar refractivity (Wildman–Crippen MR) is 107 cm³/mol. The van der Waals surface area contributed by atoms with Gasteiger partial charge in [-0.2, -0.15) is 0 Å². The summed E-state index contributed by atoms with van der Waals surface area (Å²) in [5, 5.41) is 1.47. The number of hydrogen-bond donors (Lipinski definition) is 0. The van der Waals surface area contributed by atoms with E-state index in [0.717, 1.165) is 22.2 Å². The lowest BCUT2D eigenvalue weighted by Crippen LogP contribution is -2.28. The predicted octanol–water partition coefficient (Wildman–Crippen LogP) is 3.56. The minimum atomic E-state index is -0.0536. The van der Waals surface area contributed by atoms with E-state index in [-0.39, 0.29) is 12.3 Å². The molecular weight excluding hydrogens is 378 g/mol. The van der Waals surface area contributed by atoms with E-state index in [1.807, 2.05) is 37.3 Å². The molecule has 0 aliphatic carbocycles. The number of rotatable bonds is 4. The maximum absolute atomic E-state index is 12.7. The molecular formula is C21H20ClN3O3. The van der Waals surface area contributed by atoms with E-state index >= 15 is 0 Å². The molecule has 3 aromatic rings. The summed E-state index contributed by atoms with van der Waals surface area (Å²) in [6.45, 7) is 3.23. The van der Waals surface area contributed by atoms with E-state index in [4.69, 9.17) is 21.1 Å². The number of aromatic nitrogens is 2. The van der Waals surface area contributed by atoms with E-state index in [0.29, 0.717) is 42.1 Å². The fourth-order valence-corrected chi connectivity index (χ4v) is 3.53. The van der Waals surface area contributed by atoms with E-state index < -0.39 is 0 Å². The molecule has 2 aromatic carbocycles. The molecule has 6 nitrogen and oxygen atoms in total. The molecule has 1 amide bonds. The van der Waals surface area contributed by atoms with Crippen LogP contribution in [0.5, 0.6) is 11.5 Å². The Labute approximate surface area is 168 Å². The number of ether oxygens (including phenoxy) is 2. The van der Waals surface area contributed by atoms with Gasteiger partial charge in [0.1, 0.15) is 19.0 Å². The van der Waals surface area contributed by atoms with Crippen LogP contribution in [-0.2, 0) is 17.8 Å². The van der Waals surface area contributed by atoms with Crippen LogP contribution in [0.2, 0.25) is 5.02 Å². The van der Waals surface area contributed by atoms with Crippen LogP contribution >= 0.6 is 11.6 Å². The maximum Gasteiger partial charge on any atom is 0.227 e. The van der Waals surface area contributed by atoms with Crippen LogP contribution in [0.25, 0.3) is 10.9 Å². The SMILES string of the molecule is Cc1nc(CN(C)C(=O)Cc2cc(Cl)c3c(c2)OCCO3)nc2ccccc12. The number of likely N-dealkylation sites (N-methyl/N-ethyl adjacent to an activating group) is 1. The van der Waals surface area contributed by atoms with Gasteiger partial charge in [0.2, 0.25) is 5.91 Å². The highest BCUT2D eigenvalue weighted by molar-refractivity contribution is 6.32. The Morgan fingerprint density at radius 1 is 1.18 bits per heavy atom. The highest BCUT2D eigenvalue weighted by Gasteiger charge is 2.19. The van der Waals surface area contributed by atoms with Gasteiger partial charge in [-0.05, 0) is 30.7 Å². The molecule has 7 heteroatoms. The standard InChI is InChI=1S/C21H20ClN3O3/c1-13-15-5-3-4-6-17(15)24-19(23-13)12-25(2)20(26)11-14-9-16(22)21-18(10-14)27-7-8-28-21/h3-6,9-10H,7-8,11-12H2,1-2H3. The number of carbonyl (C=O) groups is 1. The molecule has 0 bridgehead atoms. The normalized spacial score (nSPS) is 12.8. The van der Waals surface area contributed by atoms with Crippen molar-refractivity contribution in [2.24, 2.45) is 0 Å². The largest absolute Gasteiger partial charge is 0.486 e. The number of nitrogens with zero attached hydrogens (tertiary/aromatic N) is 3. The Balaban J connectivity index is 1.49. The Morgan fingerprint density at radius 2 is 1.96 bits per heavy atom. The van der Waals surface area contributed by atoms with Crippen LogP contribution in [0, 0.1) is 6.92 Å². The van der Waals surface area contributed by atoms with Gasteiger partial charge in [-0.1, -0.05) is 29.8 Å². The number of amides is 1. The third-order valence-corrected chi connectivity index (χ3v) is 4.94. The fourth-order valence-electron chi connectivity index (χ4n) is 3.24. The Hall–Kier alpha value is -2.86. The lowest BCUT2D eigenvalue weighted by atomic mass is 10.1. The summed E-state index contributed by atoms with van der Waals surface area (Å²) in [7, 11) is 1.75.